The average Bonchev–Trinajstić information content (AvgIpc) is 2.84. The van der Waals surface area contributed by atoms with E-state index in [0.717, 1.165) is 5.39 Å². The summed E-state index contributed by atoms with van der Waals surface area (Å²) in [5, 5.41) is 11.7. The van der Waals surface area contributed by atoms with Crippen LogP contribution in [-0.2, 0) is 0 Å². The zero-order valence-electron chi connectivity index (χ0n) is 18.4. The Morgan fingerprint density at radius 1 is 0.848 bits per heavy atom. The molecule has 0 aliphatic rings. The number of aromatic nitrogens is 2. The lowest BCUT2D eigenvalue weighted by Crippen LogP contribution is -2.00. The Labute approximate surface area is 201 Å². The topological polar surface area (TPSA) is 89.4 Å². The van der Waals surface area contributed by atoms with Crippen LogP contribution in [0.4, 0.5) is 0 Å². The van der Waals surface area contributed by atoms with Gasteiger partial charge in [-0.05, 0) is 12.1 Å². The fourth-order valence-electron chi connectivity index (χ4n) is 3.27. The lowest BCUT2D eigenvalue weighted by atomic mass is 10.1. The lowest BCUT2D eigenvalue weighted by molar-refractivity contribution is 0.0980. The summed E-state index contributed by atoms with van der Waals surface area (Å²) in [6.07, 6.45) is 3.72. The second-order valence-corrected chi connectivity index (χ2v) is 7.81. The van der Waals surface area contributed by atoms with Crippen molar-refractivity contribution in [3.63, 3.8) is 0 Å². The number of rotatable bonds is 5. The number of halogens is 2. The maximum Gasteiger partial charge on any atom is 0.165 e. The van der Waals surface area contributed by atoms with Gasteiger partial charge in [-0.3, -0.25) is 19.6 Å². The monoisotopic (exact) mass is 484 g/mol. The van der Waals surface area contributed by atoms with Gasteiger partial charge in [0.1, 0.15) is 22.5 Å². The Bertz CT molecular complexity index is 1360. The zero-order valence-corrected chi connectivity index (χ0v) is 19.9. The summed E-state index contributed by atoms with van der Waals surface area (Å²) in [4.78, 5) is 31.6. The predicted molar refractivity (Wildman–Crippen MR) is 131 cm³/mol. The van der Waals surface area contributed by atoms with E-state index in [-0.39, 0.29) is 17.3 Å². The molecular formula is C25H22Cl2N2O4. The van der Waals surface area contributed by atoms with Gasteiger partial charge in [0.15, 0.2) is 11.6 Å². The normalized spacial score (nSPS) is 10.6. The molecule has 33 heavy (non-hydrogen) atoms. The van der Waals surface area contributed by atoms with Crippen molar-refractivity contribution in [1.29, 1.82) is 0 Å². The van der Waals surface area contributed by atoms with Gasteiger partial charge >= 0.3 is 0 Å². The summed E-state index contributed by atoms with van der Waals surface area (Å²) in [7, 11) is 1.58. The van der Waals surface area contributed by atoms with Crippen LogP contribution >= 0.6 is 23.2 Å². The number of methoxy groups -OCH3 is 1. The Hall–Kier alpha value is -3.22. The third-order valence-corrected chi connectivity index (χ3v) is 5.88. The molecule has 2 heterocycles. The second-order valence-electron chi connectivity index (χ2n) is 7.05. The maximum absolute atomic E-state index is 11.7. The number of carbonyl (C=O) groups excluding carboxylic acids is 2. The van der Waals surface area contributed by atoms with E-state index in [4.69, 9.17) is 27.9 Å². The molecule has 4 rings (SSSR count). The summed E-state index contributed by atoms with van der Waals surface area (Å²) in [6, 6.07) is 10.4. The van der Waals surface area contributed by atoms with Crippen molar-refractivity contribution in [2.45, 2.75) is 26.7 Å². The number of phenols is 1. The molecule has 0 aliphatic heterocycles. The van der Waals surface area contributed by atoms with Crippen LogP contribution < -0.4 is 4.74 Å². The van der Waals surface area contributed by atoms with Crippen LogP contribution in [0.3, 0.4) is 0 Å². The molecule has 0 saturated heterocycles. The first-order valence-electron chi connectivity index (χ1n) is 10.3. The number of Topliss-reactive ketones (excluding diaryl/α,β-unsaturated/α-hetero) is 2. The highest BCUT2D eigenvalue weighted by molar-refractivity contribution is 6.39. The minimum absolute atomic E-state index is 0.00720. The summed E-state index contributed by atoms with van der Waals surface area (Å²) < 4.78 is 5.20. The highest BCUT2D eigenvalue weighted by Gasteiger charge is 2.15. The van der Waals surface area contributed by atoms with Gasteiger partial charge in [-0.2, -0.15) is 0 Å². The van der Waals surface area contributed by atoms with Crippen LogP contribution in [0.15, 0.2) is 48.8 Å². The molecule has 0 unspecified atom stereocenters. The van der Waals surface area contributed by atoms with Crippen molar-refractivity contribution >= 4 is 56.6 Å². The van der Waals surface area contributed by atoms with E-state index in [9.17, 15) is 14.7 Å². The molecule has 2 aromatic heterocycles. The van der Waals surface area contributed by atoms with Crippen LogP contribution in [0.2, 0.25) is 10.0 Å². The van der Waals surface area contributed by atoms with Gasteiger partial charge in [0.2, 0.25) is 0 Å². The number of aromatic hydroxyl groups is 1. The minimum Gasteiger partial charge on any atom is -0.506 e. The first-order chi connectivity index (χ1) is 15.8. The van der Waals surface area contributed by atoms with Crippen LogP contribution in [0.5, 0.6) is 11.5 Å². The van der Waals surface area contributed by atoms with Crippen LogP contribution in [-0.4, -0.2) is 33.8 Å². The number of hydrogen-bond donors (Lipinski definition) is 1. The maximum atomic E-state index is 11.7. The van der Waals surface area contributed by atoms with E-state index >= 15 is 0 Å². The van der Waals surface area contributed by atoms with Gasteiger partial charge in [0.25, 0.3) is 0 Å². The molecule has 4 aromatic rings. The molecule has 2 aromatic carbocycles. The Balaban J connectivity index is 0.000000186. The van der Waals surface area contributed by atoms with Crippen molar-refractivity contribution in [3.8, 4) is 11.5 Å². The van der Waals surface area contributed by atoms with Gasteiger partial charge in [-0.25, -0.2) is 0 Å². The predicted octanol–water partition coefficient (Wildman–Crippen LogP) is 6.68. The first-order valence-corrected chi connectivity index (χ1v) is 11.0. The molecule has 1 N–H and O–H groups in total. The Morgan fingerprint density at radius 2 is 1.33 bits per heavy atom. The number of fused-ring (bicyclic) bond motifs is 2. The SMILES string of the molecule is CCC(=O)c1cnc2c(O)cccc2c1Cl.CCC(=O)c1cnc2c(OC)cccc2c1Cl. The third-order valence-electron chi connectivity index (χ3n) is 5.07. The van der Waals surface area contributed by atoms with Crippen molar-refractivity contribution in [3.05, 3.63) is 70.0 Å². The molecule has 0 saturated carbocycles. The van der Waals surface area contributed by atoms with Gasteiger partial charge in [0, 0.05) is 36.0 Å². The van der Waals surface area contributed by atoms with E-state index < -0.39 is 0 Å². The summed E-state index contributed by atoms with van der Waals surface area (Å²) in [5.41, 5.74) is 1.96. The molecule has 0 radical (unpaired) electrons. The number of ether oxygens (including phenoxy) is 1. The summed E-state index contributed by atoms with van der Waals surface area (Å²) >= 11 is 12.3. The molecule has 0 atom stereocenters. The lowest BCUT2D eigenvalue weighted by Gasteiger charge is -2.08. The Kier molecular flexibility index (Phi) is 7.84. The first kappa shape index (κ1) is 24.4. The number of benzene rings is 2. The largest absolute Gasteiger partial charge is 0.506 e. The van der Waals surface area contributed by atoms with Crippen LogP contribution in [0.25, 0.3) is 21.8 Å². The van der Waals surface area contributed by atoms with Gasteiger partial charge in [0.05, 0.1) is 28.3 Å². The van der Waals surface area contributed by atoms with Crippen LogP contribution in [0.1, 0.15) is 47.4 Å². The molecular weight excluding hydrogens is 463 g/mol. The number of phenolic OH excluding ortho intramolecular Hbond substituents is 1. The van der Waals surface area contributed by atoms with Gasteiger partial charge in [-0.15, -0.1) is 0 Å². The van der Waals surface area contributed by atoms with E-state index in [1.54, 1.807) is 33.1 Å². The number of hydrogen-bond acceptors (Lipinski definition) is 6. The number of carbonyl (C=O) groups is 2. The van der Waals surface area contributed by atoms with Crippen molar-refractivity contribution in [2.24, 2.45) is 0 Å². The second kappa shape index (κ2) is 10.6. The smallest absolute Gasteiger partial charge is 0.165 e. The minimum atomic E-state index is -0.0530. The molecule has 0 amide bonds. The van der Waals surface area contributed by atoms with Crippen LogP contribution in [0, 0.1) is 0 Å². The zero-order chi connectivity index (χ0) is 24.1. The van der Waals surface area contributed by atoms with Crippen molar-refractivity contribution < 1.29 is 19.4 Å². The quantitative estimate of drug-likeness (QED) is 0.318. The fraction of sp³-hybridized carbons (Fsp3) is 0.200. The highest BCUT2D eigenvalue weighted by atomic mass is 35.5. The van der Waals surface area contributed by atoms with E-state index in [0.29, 0.717) is 56.2 Å². The van der Waals surface area contributed by atoms with Gasteiger partial charge in [-0.1, -0.05) is 61.3 Å². The molecule has 6 nitrogen and oxygen atoms in total. The molecule has 8 heteroatoms. The van der Waals surface area contributed by atoms with E-state index in [2.05, 4.69) is 9.97 Å². The number of ketones is 2. The van der Waals surface area contributed by atoms with Crippen molar-refractivity contribution in [2.75, 3.05) is 7.11 Å². The molecule has 0 aliphatic carbocycles. The highest BCUT2D eigenvalue weighted by Crippen LogP contribution is 2.32. The molecule has 170 valence electrons. The number of para-hydroxylation sites is 2. The number of nitrogens with zero attached hydrogens (tertiary/aromatic N) is 2. The summed E-state index contributed by atoms with van der Waals surface area (Å²) in [6.45, 7) is 3.57. The number of pyridine rings is 2. The Morgan fingerprint density at radius 3 is 1.85 bits per heavy atom. The van der Waals surface area contributed by atoms with E-state index in [1.165, 1.54) is 18.5 Å². The molecule has 0 bridgehead atoms. The molecule has 0 fully saturated rings. The fourth-order valence-corrected chi connectivity index (χ4v) is 3.89. The molecule has 0 spiro atoms. The average molecular weight is 485 g/mol. The van der Waals surface area contributed by atoms with Crippen molar-refractivity contribution in [1.82, 2.24) is 9.97 Å². The summed E-state index contributed by atoms with van der Waals surface area (Å²) in [5.74, 6) is 0.657. The third kappa shape index (κ3) is 4.92. The van der Waals surface area contributed by atoms with Gasteiger partial charge < -0.3 is 9.84 Å². The van der Waals surface area contributed by atoms with E-state index in [1.807, 2.05) is 18.2 Å². The standard InChI is InChI=1S/C13H12ClNO2.C12H10ClNO2/c1-3-10(16)9-7-15-13-8(12(9)14)5-4-6-11(13)17-2;1-2-9(15)8-6-14-12-7(11(8)13)4-3-5-10(12)16/h4-7H,3H2,1-2H3;3-6,16H,2H2,1H3.